The van der Waals surface area contributed by atoms with Gasteiger partial charge in [-0.25, -0.2) is 5.84 Å². The van der Waals surface area contributed by atoms with Crippen LogP contribution in [0.15, 0.2) is 24.3 Å². The van der Waals surface area contributed by atoms with E-state index >= 15 is 0 Å². The van der Waals surface area contributed by atoms with Crippen LogP contribution in [0.3, 0.4) is 0 Å². The summed E-state index contributed by atoms with van der Waals surface area (Å²) in [5.41, 5.74) is 0.555. The topological polar surface area (TPSA) is 53.0 Å². The first kappa shape index (κ1) is 7.51. The van der Waals surface area contributed by atoms with Crippen LogP contribution in [0.2, 0.25) is 0 Å². The van der Waals surface area contributed by atoms with Crippen LogP contribution in [0, 0.1) is 11.3 Å². The summed E-state index contributed by atoms with van der Waals surface area (Å²) in [5.74, 6) is 4.79. The fourth-order valence-corrected chi connectivity index (χ4v) is 0.708. The predicted octanol–water partition coefficient (Wildman–Crippen LogP) is 1.12. The SMILES string of the molecule is N#Cc1cccc(N(N)F)c1. The monoisotopic (exact) mass is 151 g/mol. The summed E-state index contributed by atoms with van der Waals surface area (Å²) in [5, 5.41) is 8.39. The molecule has 0 fully saturated rings. The molecule has 11 heavy (non-hydrogen) atoms. The predicted molar refractivity (Wildman–Crippen MR) is 38.9 cm³/mol. The van der Waals surface area contributed by atoms with Crippen molar-refractivity contribution in [3.63, 3.8) is 0 Å². The standard InChI is InChI=1S/C7H6FN3/c8-11(10)7-3-1-2-6(4-7)5-9/h1-4H,10H2. The second-order valence-electron chi connectivity index (χ2n) is 1.97. The number of nitrogens with zero attached hydrogens (tertiary/aromatic N) is 2. The number of halogens is 1. The number of benzene rings is 1. The molecule has 0 aliphatic rings. The van der Waals surface area contributed by atoms with Crippen molar-refractivity contribution in [1.82, 2.24) is 0 Å². The fraction of sp³-hybridized carbons (Fsp3) is 0. The number of rotatable bonds is 1. The van der Waals surface area contributed by atoms with Crippen LogP contribution in [-0.2, 0) is 0 Å². The Morgan fingerprint density at radius 2 is 2.27 bits per heavy atom. The second-order valence-corrected chi connectivity index (χ2v) is 1.97. The van der Waals surface area contributed by atoms with E-state index in [2.05, 4.69) is 0 Å². The molecule has 1 rings (SSSR count). The lowest BCUT2D eigenvalue weighted by atomic mass is 10.2. The largest absolute Gasteiger partial charge is 0.218 e. The van der Waals surface area contributed by atoms with Gasteiger partial charge in [0.05, 0.1) is 17.3 Å². The fourth-order valence-electron chi connectivity index (χ4n) is 0.708. The van der Waals surface area contributed by atoms with Gasteiger partial charge in [-0.15, -0.1) is 5.23 Å². The summed E-state index contributed by atoms with van der Waals surface area (Å²) in [6.07, 6.45) is 0. The lowest BCUT2D eigenvalue weighted by Crippen LogP contribution is -2.19. The van der Waals surface area contributed by atoms with Gasteiger partial charge in [0.2, 0.25) is 0 Å². The number of hydrazine groups is 1. The molecular weight excluding hydrogens is 145 g/mol. The Bertz CT molecular complexity index is 290. The second kappa shape index (κ2) is 2.99. The van der Waals surface area contributed by atoms with Crippen LogP contribution < -0.4 is 11.1 Å². The van der Waals surface area contributed by atoms with E-state index in [1.807, 2.05) is 6.07 Å². The first-order chi connectivity index (χ1) is 5.24. The Balaban J connectivity index is 3.03. The van der Waals surface area contributed by atoms with Crippen LogP contribution in [0.5, 0.6) is 0 Å². The quantitative estimate of drug-likeness (QED) is 0.371. The van der Waals surface area contributed by atoms with Crippen molar-refractivity contribution in [2.75, 3.05) is 5.23 Å². The van der Waals surface area contributed by atoms with Gasteiger partial charge in [0.15, 0.2) is 0 Å². The Kier molecular flexibility index (Phi) is 2.04. The summed E-state index contributed by atoms with van der Waals surface area (Å²) in [6, 6.07) is 7.85. The molecule has 0 radical (unpaired) electrons. The molecule has 0 aliphatic carbocycles. The average Bonchev–Trinajstić information content (AvgIpc) is 2.05. The average molecular weight is 151 g/mol. The molecule has 2 N–H and O–H groups in total. The van der Waals surface area contributed by atoms with E-state index in [4.69, 9.17) is 11.1 Å². The number of hydrogen-bond acceptors (Lipinski definition) is 3. The van der Waals surface area contributed by atoms with Crippen LogP contribution in [-0.4, -0.2) is 0 Å². The molecule has 0 aliphatic heterocycles. The molecule has 0 bridgehead atoms. The van der Waals surface area contributed by atoms with E-state index < -0.39 is 0 Å². The first-order valence-corrected chi connectivity index (χ1v) is 2.95. The van der Waals surface area contributed by atoms with Crippen LogP contribution >= 0.6 is 0 Å². The van der Waals surface area contributed by atoms with Crippen molar-refractivity contribution in [2.45, 2.75) is 0 Å². The molecule has 0 spiro atoms. The lowest BCUT2D eigenvalue weighted by Gasteiger charge is -2.04. The van der Waals surface area contributed by atoms with Crippen molar-refractivity contribution in [1.29, 1.82) is 5.26 Å². The lowest BCUT2D eigenvalue weighted by molar-refractivity contribution is 0.444. The highest BCUT2D eigenvalue weighted by Crippen LogP contribution is 2.12. The smallest absolute Gasteiger partial charge is 0.0992 e. The number of hydrogen-bond donors (Lipinski definition) is 1. The third kappa shape index (κ3) is 1.66. The molecule has 0 aromatic heterocycles. The number of nitriles is 1. The van der Waals surface area contributed by atoms with Gasteiger partial charge in [0, 0.05) is 0 Å². The van der Waals surface area contributed by atoms with Gasteiger partial charge in [-0.1, -0.05) is 10.5 Å². The van der Waals surface area contributed by atoms with Crippen LogP contribution in [0.4, 0.5) is 10.2 Å². The molecule has 0 heterocycles. The van der Waals surface area contributed by atoms with Crippen molar-refractivity contribution in [2.24, 2.45) is 5.84 Å². The highest BCUT2D eigenvalue weighted by molar-refractivity contribution is 5.48. The van der Waals surface area contributed by atoms with Gasteiger partial charge in [0.25, 0.3) is 0 Å². The summed E-state index contributed by atoms with van der Waals surface area (Å²) in [6.45, 7) is 0. The van der Waals surface area contributed by atoms with Crippen LogP contribution in [0.25, 0.3) is 0 Å². The molecule has 1 aromatic carbocycles. The van der Waals surface area contributed by atoms with E-state index in [1.165, 1.54) is 12.1 Å². The Hall–Kier alpha value is -1.60. The minimum Gasteiger partial charge on any atom is -0.218 e. The summed E-state index contributed by atoms with van der Waals surface area (Å²) < 4.78 is 12.3. The zero-order chi connectivity index (χ0) is 8.27. The zero-order valence-electron chi connectivity index (χ0n) is 5.66. The van der Waals surface area contributed by atoms with Gasteiger partial charge in [-0.05, 0) is 18.2 Å². The van der Waals surface area contributed by atoms with Crippen molar-refractivity contribution in [3.05, 3.63) is 29.8 Å². The van der Waals surface area contributed by atoms with Gasteiger partial charge >= 0.3 is 0 Å². The van der Waals surface area contributed by atoms with E-state index in [0.29, 0.717) is 5.56 Å². The highest BCUT2D eigenvalue weighted by atomic mass is 19.2. The molecule has 4 heteroatoms. The molecule has 0 unspecified atom stereocenters. The minimum atomic E-state index is -0.0269. The number of anilines is 1. The molecule has 1 aromatic rings. The van der Waals surface area contributed by atoms with E-state index in [0.717, 1.165) is 0 Å². The zero-order valence-corrected chi connectivity index (χ0v) is 5.66. The van der Waals surface area contributed by atoms with E-state index in [9.17, 15) is 4.48 Å². The van der Waals surface area contributed by atoms with Crippen LogP contribution in [0.1, 0.15) is 5.56 Å². The maximum atomic E-state index is 12.3. The molecule has 0 atom stereocenters. The molecule has 0 saturated carbocycles. The van der Waals surface area contributed by atoms with E-state index in [1.54, 1.807) is 12.1 Å². The van der Waals surface area contributed by atoms with Gasteiger partial charge in [0.1, 0.15) is 0 Å². The Morgan fingerprint density at radius 1 is 1.55 bits per heavy atom. The normalized spacial score (nSPS) is 8.82. The Morgan fingerprint density at radius 3 is 2.82 bits per heavy atom. The van der Waals surface area contributed by atoms with E-state index in [-0.39, 0.29) is 10.9 Å². The highest BCUT2D eigenvalue weighted by Gasteiger charge is 1.98. The van der Waals surface area contributed by atoms with Crippen molar-refractivity contribution >= 4 is 5.69 Å². The molecule has 0 amide bonds. The summed E-state index contributed by atoms with van der Waals surface area (Å²) in [7, 11) is 0. The maximum Gasteiger partial charge on any atom is 0.0992 e. The third-order valence-electron chi connectivity index (χ3n) is 1.22. The summed E-state index contributed by atoms with van der Waals surface area (Å²) in [4.78, 5) is 0. The van der Waals surface area contributed by atoms with Gasteiger partial charge < -0.3 is 0 Å². The molecule has 3 nitrogen and oxygen atoms in total. The maximum absolute atomic E-state index is 12.3. The molecule has 56 valence electrons. The van der Waals surface area contributed by atoms with Crippen molar-refractivity contribution in [3.8, 4) is 6.07 Å². The van der Waals surface area contributed by atoms with Gasteiger partial charge in [-0.3, -0.25) is 0 Å². The first-order valence-electron chi connectivity index (χ1n) is 2.95. The Labute approximate surface area is 63.4 Å². The minimum absolute atomic E-state index is 0.0269. The number of nitrogens with two attached hydrogens (primary N) is 1. The van der Waals surface area contributed by atoms with Crippen molar-refractivity contribution < 1.29 is 4.48 Å². The third-order valence-corrected chi connectivity index (χ3v) is 1.22. The molecule has 0 saturated heterocycles. The summed E-state index contributed by atoms with van der Waals surface area (Å²) >= 11 is 0. The molecular formula is C7H6FN3. The van der Waals surface area contributed by atoms with Gasteiger partial charge in [-0.2, -0.15) is 5.26 Å².